The van der Waals surface area contributed by atoms with Crippen LogP contribution in [0.25, 0.3) is 51.5 Å². The van der Waals surface area contributed by atoms with Crippen LogP contribution in [0.5, 0.6) is 0 Å². The zero-order chi connectivity index (χ0) is 64.0. The van der Waals surface area contributed by atoms with E-state index in [0.29, 0.717) is 102 Å². The molecule has 0 spiro atoms. The Labute approximate surface area is 527 Å². The average Bonchev–Trinajstić information content (AvgIpc) is 1.70. The third-order valence-corrected chi connectivity index (χ3v) is 15.7. The molecule has 25 heteroatoms. The molecule has 12 heterocycles. The zero-order valence-electron chi connectivity index (χ0n) is 52.8. The van der Waals surface area contributed by atoms with Crippen molar-refractivity contribution in [3.8, 4) is 34.6 Å². The number of halogens is 4. The lowest BCUT2D eigenvalue weighted by Gasteiger charge is -2.34. The van der Waals surface area contributed by atoms with Gasteiger partial charge in [-0.1, -0.05) is 11.6 Å². The Kier molecular flexibility index (Phi) is 19.8. The maximum absolute atomic E-state index is 13.9. The standard InChI is InChI=1S/C24H31FN6O2.C22H25ClFN5O2.C19H23FN6/c1-24(2,3)33-23(32)30-10-6-7-16(14-30)11-18-12-21(29(4)5)28-22(27-18)19-13-26-20-9-8-17(25)15-31(19)20;1-22(2,3)31-21(30)28-8-4-5-14(12-28)9-16-10-18(23)27-20(26-16)17-11-25-19-7-6-15(24)13-29(17)19;1-25(2)18-9-15(8-13-4-3-7-21-10-13)23-19(24-18)16-11-22-17-6-5-14(20)12-26(16)17/h8-9,12-13,15-16H,6-7,10-11,14H2,1-5H3;6-7,10-11,13-14H,4-5,8-9,12H2,1-3H3;5-6,9,11-13,21H,3-4,7-8,10H2,1-2H3/t16-;14-;13-/m000/s1. The number of nitrogens with one attached hydrogen (secondary N) is 1. The fourth-order valence-corrected chi connectivity index (χ4v) is 11.5. The highest BCUT2D eigenvalue weighted by atomic mass is 35.5. The number of piperidine rings is 3. The summed E-state index contributed by atoms with van der Waals surface area (Å²) < 4.78 is 57.3. The van der Waals surface area contributed by atoms with E-state index in [9.17, 15) is 22.8 Å². The largest absolute Gasteiger partial charge is 0.444 e. The highest BCUT2D eigenvalue weighted by Crippen LogP contribution is 2.30. The monoisotopic (exact) mass is 1250 g/mol. The zero-order valence-corrected chi connectivity index (χ0v) is 53.6. The van der Waals surface area contributed by atoms with E-state index < -0.39 is 11.2 Å². The molecule has 2 amide bonds. The van der Waals surface area contributed by atoms with Crippen LogP contribution >= 0.6 is 11.6 Å². The van der Waals surface area contributed by atoms with Crippen LogP contribution < -0.4 is 15.1 Å². The Morgan fingerprint density at radius 1 is 0.544 bits per heavy atom. The first-order chi connectivity index (χ1) is 42.9. The molecule has 3 fully saturated rings. The number of aromatic nitrogens is 12. The average molecular weight is 1250 g/mol. The number of rotatable bonds is 11. The van der Waals surface area contributed by atoms with Gasteiger partial charge < -0.3 is 34.4 Å². The molecule has 90 heavy (non-hydrogen) atoms. The van der Waals surface area contributed by atoms with Gasteiger partial charge in [0, 0.05) is 102 Å². The molecular weight excluding hydrogens is 1180 g/mol. The summed E-state index contributed by atoms with van der Waals surface area (Å²) in [6.07, 6.45) is 17.1. The van der Waals surface area contributed by atoms with Gasteiger partial charge in [0.1, 0.15) is 79.5 Å². The van der Waals surface area contributed by atoms with Gasteiger partial charge in [0.2, 0.25) is 0 Å². The number of hydrogen-bond acceptors (Lipinski definition) is 16. The third-order valence-electron chi connectivity index (χ3n) is 15.5. The highest BCUT2D eigenvalue weighted by molar-refractivity contribution is 6.29. The van der Waals surface area contributed by atoms with Gasteiger partial charge >= 0.3 is 12.2 Å². The Bertz CT molecular complexity index is 3990. The number of fused-ring (bicyclic) bond motifs is 3. The van der Waals surface area contributed by atoms with Gasteiger partial charge in [-0.3, -0.25) is 13.2 Å². The van der Waals surface area contributed by atoms with Crippen molar-refractivity contribution in [1.82, 2.24) is 73.2 Å². The number of hydrogen-bond donors (Lipinski definition) is 1. The van der Waals surface area contributed by atoms with Crippen molar-refractivity contribution in [3.63, 3.8) is 0 Å². The van der Waals surface area contributed by atoms with Crippen LogP contribution in [-0.4, -0.2) is 159 Å². The van der Waals surface area contributed by atoms with Crippen LogP contribution in [0.3, 0.4) is 0 Å². The molecule has 0 bridgehead atoms. The maximum atomic E-state index is 13.9. The lowest BCUT2D eigenvalue weighted by atomic mass is 9.93. The quantitative estimate of drug-likeness (QED) is 0.119. The van der Waals surface area contributed by atoms with E-state index in [4.69, 9.17) is 31.0 Å². The van der Waals surface area contributed by atoms with Crippen molar-refractivity contribution in [2.45, 2.75) is 111 Å². The fourth-order valence-electron chi connectivity index (χ4n) is 11.3. The second kappa shape index (κ2) is 27.7. The van der Waals surface area contributed by atoms with E-state index >= 15 is 0 Å². The molecule has 0 unspecified atom stereocenters. The minimum atomic E-state index is -0.521. The van der Waals surface area contributed by atoms with Crippen molar-refractivity contribution < 1.29 is 32.2 Å². The normalized spacial score (nSPS) is 17.2. The number of ether oxygens (including phenoxy) is 2. The van der Waals surface area contributed by atoms with Crippen molar-refractivity contribution in [2.75, 3.05) is 77.3 Å². The van der Waals surface area contributed by atoms with E-state index in [2.05, 4.69) is 40.2 Å². The van der Waals surface area contributed by atoms with E-state index in [1.165, 1.54) is 49.6 Å². The molecule has 0 aromatic carbocycles. The number of likely N-dealkylation sites (tertiary alicyclic amines) is 2. The predicted molar refractivity (Wildman–Crippen MR) is 340 cm³/mol. The Morgan fingerprint density at radius 3 is 1.30 bits per heavy atom. The SMILES string of the molecule is CC(C)(C)OC(=O)N1CCC[C@@H](Cc2cc(Cl)nc(-c3cnc4ccc(F)cn34)n2)C1.CN(C)c1cc(C[C@@H]2CCCN(C(=O)OC(C)(C)C)C2)nc(-c2cnc3ccc(F)cn23)n1.CN(C)c1cc(C[C@@H]2CCCNC2)nc(-c2cnc3ccc(F)cn23)n1. The molecule has 0 saturated carbocycles. The van der Waals surface area contributed by atoms with Crippen molar-refractivity contribution in [1.29, 1.82) is 0 Å². The molecule has 476 valence electrons. The van der Waals surface area contributed by atoms with Gasteiger partial charge in [0.05, 0.1) is 18.6 Å². The number of carbonyl (C=O) groups excluding carboxylic acids is 2. The predicted octanol–water partition coefficient (Wildman–Crippen LogP) is 11.5. The first-order valence-electron chi connectivity index (χ1n) is 30.6. The smallest absolute Gasteiger partial charge is 0.410 e. The van der Waals surface area contributed by atoms with Gasteiger partial charge in [-0.15, -0.1) is 0 Å². The topological polar surface area (TPSA) is 207 Å². The van der Waals surface area contributed by atoms with E-state index in [1.54, 1.807) is 65.9 Å². The second-order valence-electron chi connectivity index (χ2n) is 25.7. The first-order valence-corrected chi connectivity index (χ1v) is 30.9. The number of nitrogens with zero attached hydrogens (tertiary/aromatic N) is 16. The molecule has 9 aromatic rings. The van der Waals surface area contributed by atoms with Crippen LogP contribution in [0.4, 0.5) is 34.4 Å². The number of carbonyl (C=O) groups is 2. The minimum absolute atomic E-state index is 0.236. The number of pyridine rings is 3. The maximum Gasteiger partial charge on any atom is 0.410 e. The lowest BCUT2D eigenvalue weighted by molar-refractivity contribution is 0.0156. The Balaban J connectivity index is 0.000000149. The third kappa shape index (κ3) is 16.7. The van der Waals surface area contributed by atoms with Crippen LogP contribution in [-0.2, 0) is 28.7 Å². The van der Waals surface area contributed by atoms with Crippen molar-refractivity contribution in [3.05, 3.63) is 131 Å². The van der Waals surface area contributed by atoms with E-state index in [0.717, 1.165) is 73.9 Å². The van der Waals surface area contributed by atoms with Crippen molar-refractivity contribution in [2.24, 2.45) is 17.8 Å². The van der Waals surface area contributed by atoms with Gasteiger partial charge in [0.15, 0.2) is 17.5 Å². The summed E-state index contributed by atoms with van der Waals surface area (Å²) in [5, 5.41) is 3.77. The first kappa shape index (κ1) is 64.5. The molecule has 3 atom stereocenters. The molecule has 3 aliphatic rings. The van der Waals surface area contributed by atoms with Gasteiger partial charge in [-0.2, -0.15) is 0 Å². The molecule has 12 rings (SSSR count). The summed E-state index contributed by atoms with van der Waals surface area (Å²) >= 11 is 6.28. The molecule has 21 nitrogen and oxygen atoms in total. The van der Waals surface area contributed by atoms with Gasteiger partial charge in [-0.25, -0.2) is 67.6 Å². The summed E-state index contributed by atoms with van der Waals surface area (Å²) in [6, 6.07) is 14.8. The number of amides is 2. The van der Waals surface area contributed by atoms with Crippen LogP contribution in [0, 0.1) is 35.2 Å². The van der Waals surface area contributed by atoms with E-state index in [-0.39, 0.29) is 41.5 Å². The minimum Gasteiger partial charge on any atom is -0.444 e. The van der Waals surface area contributed by atoms with Gasteiger partial charge in [0.25, 0.3) is 0 Å². The summed E-state index contributed by atoms with van der Waals surface area (Å²) in [5.41, 5.74) is 5.44. The van der Waals surface area contributed by atoms with Crippen LogP contribution in [0.15, 0.2) is 91.8 Å². The molecule has 3 saturated heterocycles. The Morgan fingerprint density at radius 2 is 0.922 bits per heavy atom. The number of anilines is 2. The van der Waals surface area contributed by atoms with Gasteiger partial charge in [-0.05, 0) is 173 Å². The fraction of sp³-hybridized carbons (Fsp3) is 0.462. The molecule has 1 N–H and O–H groups in total. The number of imidazole rings is 3. The molecular formula is C65H79ClF3N17O4. The van der Waals surface area contributed by atoms with Crippen LogP contribution in [0.2, 0.25) is 5.15 Å². The molecule has 3 aliphatic heterocycles. The summed E-state index contributed by atoms with van der Waals surface area (Å²) in [4.78, 5) is 73.3. The van der Waals surface area contributed by atoms with Crippen molar-refractivity contribution >= 4 is 52.4 Å². The second-order valence-corrected chi connectivity index (χ2v) is 26.1. The highest BCUT2D eigenvalue weighted by Gasteiger charge is 2.31. The van der Waals surface area contributed by atoms with E-state index in [1.807, 2.05) is 91.7 Å². The molecule has 0 aliphatic carbocycles. The Hall–Kier alpha value is -8.51. The summed E-state index contributed by atoms with van der Waals surface area (Å²) in [6.45, 7) is 16.0. The summed E-state index contributed by atoms with van der Waals surface area (Å²) in [5.74, 6) is 3.12. The molecule has 0 radical (unpaired) electrons. The lowest BCUT2D eigenvalue weighted by Crippen LogP contribution is -2.43. The summed E-state index contributed by atoms with van der Waals surface area (Å²) in [7, 11) is 7.78. The molecule has 9 aromatic heterocycles. The van der Waals surface area contributed by atoms with Crippen LogP contribution in [0.1, 0.15) is 97.1 Å².